The Morgan fingerprint density at radius 3 is 3.00 bits per heavy atom. The Labute approximate surface area is 77.7 Å². The third kappa shape index (κ3) is 1.62. The molecule has 1 radical (unpaired) electrons. The van der Waals surface area contributed by atoms with E-state index in [9.17, 15) is 0 Å². The molecular weight excluding hydrogens is 170 g/mol. The van der Waals surface area contributed by atoms with Gasteiger partial charge in [0.15, 0.2) is 0 Å². The Kier molecular flexibility index (Phi) is 2.33. The summed E-state index contributed by atoms with van der Waals surface area (Å²) in [6.45, 7) is 2.05. The van der Waals surface area contributed by atoms with Crippen LogP contribution in [-0.2, 0) is 0 Å². The second-order valence-corrected chi connectivity index (χ2v) is 3.49. The van der Waals surface area contributed by atoms with E-state index in [1.807, 2.05) is 18.2 Å². The van der Waals surface area contributed by atoms with E-state index < -0.39 is 0 Å². The maximum Gasteiger partial charge on any atom is 0.0408 e. The minimum atomic E-state index is 0.545. The van der Waals surface area contributed by atoms with Crippen molar-refractivity contribution in [3.05, 3.63) is 41.3 Å². The summed E-state index contributed by atoms with van der Waals surface area (Å²) in [6.07, 6.45) is 2.28. The van der Waals surface area contributed by atoms with Crippen LogP contribution in [0.15, 0.2) is 24.3 Å². The van der Waals surface area contributed by atoms with Gasteiger partial charge in [-0.1, -0.05) is 23.7 Å². The minimum absolute atomic E-state index is 0.545. The molecule has 1 N–H and O–H groups in total. The van der Waals surface area contributed by atoms with Crippen LogP contribution >= 0.6 is 11.6 Å². The van der Waals surface area contributed by atoms with Gasteiger partial charge in [0.05, 0.1) is 0 Å². The molecule has 12 heavy (non-hydrogen) atoms. The van der Waals surface area contributed by atoms with Crippen molar-refractivity contribution in [3.8, 4) is 0 Å². The molecule has 1 aliphatic rings. The van der Waals surface area contributed by atoms with Crippen LogP contribution in [0.2, 0.25) is 5.02 Å². The van der Waals surface area contributed by atoms with Crippen LogP contribution in [-0.4, -0.2) is 13.1 Å². The maximum absolute atomic E-state index is 5.89. The highest BCUT2D eigenvalue weighted by molar-refractivity contribution is 6.30. The fourth-order valence-corrected chi connectivity index (χ4v) is 1.74. The lowest BCUT2D eigenvalue weighted by Crippen LogP contribution is -2.07. The van der Waals surface area contributed by atoms with Crippen LogP contribution in [0.1, 0.15) is 11.5 Å². The number of halogens is 1. The van der Waals surface area contributed by atoms with E-state index >= 15 is 0 Å². The first-order valence-electron chi connectivity index (χ1n) is 4.16. The van der Waals surface area contributed by atoms with E-state index in [2.05, 4.69) is 17.8 Å². The summed E-state index contributed by atoms with van der Waals surface area (Å²) in [5.41, 5.74) is 1.31. The SMILES string of the molecule is Clc1cccc(C2[CH]CNC2)c1. The van der Waals surface area contributed by atoms with Crippen molar-refractivity contribution in [3.63, 3.8) is 0 Å². The zero-order valence-electron chi connectivity index (χ0n) is 6.76. The van der Waals surface area contributed by atoms with E-state index in [0.717, 1.165) is 18.1 Å². The van der Waals surface area contributed by atoms with Gasteiger partial charge in [0, 0.05) is 17.5 Å². The van der Waals surface area contributed by atoms with Gasteiger partial charge in [-0.05, 0) is 30.7 Å². The highest BCUT2D eigenvalue weighted by Gasteiger charge is 2.16. The highest BCUT2D eigenvalue weighted by atomic mass is 35.5. The number of hydrogen-bond donors (Lipinski definition) is 1. The van der Waals surface area contributed by atoms with Gasteiger partial charge in [-0.15, -0.1) is 0 Å². The van der Waals surface area contributed by atoms with Gasteiger partial charge in [0.25, 0.3) is 0 Å². The second kappa shape index (κ2) is 3.46. The summed E-state index contributed by atoms with van der Waals surface area (Å²) in [4.78, 5) is 0. The fraction of sp³-hybridized carbons (Fsp3) is 0.300. The van der Waals surface area contributed by atoms with Gasteiger partial charge in [-0.3, -0.25) is 0 Å². The Balaban J connectivity index is 2.21. The maximum atomic E-state index is 5.89. The summed E-state index contributed by atoms with van der Waals surface area (Å²) in [5.74, 6) is 0.545. The number of hydrogen-bond acceptors (Lipinski definition) is 1. The summed E-state index contributed by atoms with van der Waals surface area (Å²) < 4.78 is 0. The Morgan fingerprint density at radius 2 is 2.33 bits per heavy atom. The third-order valence-electron chi connectivity index (χ3n) is 2.19. The average molecular weight is 181 g/mol. The van der Waals surface area contributed by atoms with Gasteiger partial charge >= 0.3 is 0 Å². The van der Waals surface area contributed by atoms with Crippen LogP contribution in [0.3, 0.4) is 0 Å². The zero-order chi connectivity index (χ0) is 8.39. The van der Waals surface area contributed by atoms with Crippen molar-refractivity contribution in [2.24, 2.45) is 0 Å². The summed E-state index contributed by atoms with van der Waals surface area (Å²) in [6, 6.07) is 8.08. The topological polar surface area (TPSA) is 12.0 Å². The van der Waals surface area contributed by atoms with Crippen LogP contribution in [0.4, 0.5) is 0 Å². The van der Waals surface area contributed by atoms with Crippen molar-refractivity contribution in [1.82, 2.24) is 5.32 Å². The van der Waals surface area contributed by atoms with Gasteiger partial charge in [-0.25, -0.2) is 0 Å². The van der Waals surface area contributed by atoms with Crippen molar-refractivity contribution in [2.75, 3.05) is 13.1 Å². The molecule has 0 aliphatic carbocycles. The summed E-state index contributed by atoms with van der Waals surface area (Å²) >= 11 is 5.89. The molecule has 2 rings (SSSR count). The lowest BCUT2D eigenvalue weighted by atomic mass is 9.99. The van der Waals surface area contributed by atoms with Crippen LogP contribution < -0.4 is 5.32 Å². The summed E-state index contributed by atoms with van der Waals surface area (Å²) in [7, 11) is 0. The van der Waals surface area contributed by atoms with E-state index in [1.165, 1.54) is 5.56 Å². The first kappa shape index (κ1) is 8.09. The normalized spacial score (nSPS) is 22.9. The highest BCUT2D eigenvalue weighted by Crippen LogP contribution is 2.23. The monoisotopic (exact) mass is 180 g/mol. The molecule has 1 heterocycles. The predicted octanol–water partition coefficient (Wildman–Crippen LogP) is 2.23. The van der Waals surface area contributed by atoms with Crippen molar-refractivity contribution >= 4 is 11.6 Å². The largest absolute Gasteiger partial charge is 0.316 e. The molecule has 0 saturated carbocycles. The third-order valence-corrected chi connectivity index (χ3v) is 2.42. The molecule has 0 spiro atoms. The molecule has 1 aliphatic heterocycles. The first-order valence-corrected chi connectivity index (χ1v) is 4.53. The van der Waals surface area contributed by atoms with Crippen molar-refractivity contribution < 1.29 is 0 Å². The van der Waals surface area contributed by atoms with E-state index in [-0.39, 0.29) is 0 Å². The zero-order valence-corrected chi connectivity index (χ0v) is 7.51. The number of nitrogens with one attached hydrogen (secondary N) is 1. The van der Waals surface area contributed by atoms with Gasteiger partial charge in [-0.2, -0.15) is 0 Å². The molecule has 1 aromatic rings. The molecule has 1 aromatic carbocycles. The van der Waals surface area contributed by atoms with Crippen molar-refractivity contribution in [2.45, 2.75) is 5.92 Å². The molecule has 1 unspecified atom stereocenters. The standard InChI is InChI=1S/C10H11ClN/c11-10-3-1-2-8(6-10)9-4-5-12-7-9/h1-4,6,9,12H,5,7H2. The van der Waals surface area contributed by atoms with Gasteiger partial charge in [0.1, 0.15) is 0 Å². The van der Waals surface area contributed by atoms with Crippen molar-refractivity contribution in [1.29, 1.82) is 0 Å². The molecule has 1 fully saturated rings. The average Bonchev–Trinajstić information content (AvgIpc) is 2.56. The van der Waals surface area contributed by atoms with Gasteiger partial charge < -0.3 is 5.32 Å². The Bertz CT molecular complexity index is 266. The number of rotatable bonds is 1. The lowest BCUT2D eigenvalue weighted by Gasteiger charge is -2.07. The first-order chi connectivity index (χ1) is 5.86. The molecule has 0 bridgehead atoms. The molecule has 1 nitrogen and oxygen atoms in total. The molecule has 1 saturated heterocycles. The van der Waals surface area contributed by atoms with Crippen LogP contribution in [0.25, 0.3) is 0 Å². The van der Waals surface area contributed by atoms with E-state index in [1.54, 1.807) is 0 Å². The summed E-state index contributed by atoms with van der Waals surface area (Å²) in [5, 5.41) is 4.12. The predicted molar refractivity (Wildman–Crippen MR) is 51.4 cm³/mol. The Morgan fingerprint density at radius 1 is 1.42 bits per heavy atom. The van der Waals surface area contributed by atoms with Gasteiger partial charge in [0.2, 0.25) is 0 Å². The van der Waals surface area contributed by atoms with E-state index in [4.69, 9.17) is 11.6 Å². The fourth-order valence-electron chi connectivity index (χ4n) is 1.54. The van der Waals surface area contributed by atoms with Crippen LogP contribution in [0.5, 0.6) is 0 Å². The molecule has 63 valence electrons. The molecular formula is C10H11ClN. The molecule has 0 amide bonds. The Hall–Kier alpha value is -0.530. The van der Waals surface area contributed by atoms with E-state index in [0.29, 0.717) is 5.92 Å². The lowest BCUT2D eigenvalue weighted by molar-refractivity contribution is 0.799. The van der Waals surface area contributed by atoms with Crippen LogP contribution in [0, 0.1) is 6.42 Å². The molecule has 1 atom stereocenters. The minimum Gasteiger partial charge on any atom is -0.316 e. The number of benzene rings is 1. The molecule has 2 heteroatoms. The smallest absolute Gasteiger partial charge is 0.0408 e. The second-order valence-electron chi connectivity index (χ2n) is 3.06. The molecule has 0 aromatic heterocycles. The quantitative estimate of drug-likeness (QED) is 0.699.